The Bertz CT molecular complexity index is 1430. The van der Waals surface area contributed by atoms with Crippen molar-refractivity contribution in [3.8, 4) is 0 Å². The number of hydrogen-bond donors (Lipinski definition) is 1. The van der Waals surface area contributed by atoms with E-state index < -0.39 is 12.2 Å². The Morgan fingerprint density at radius 2 is 1.53 bits per heavy atom. The smallest absolute Gasteiger partial charge is 0.260 e. The summed E-state index contributed by atoms with van der Waals surface area (Å²) in [5.74, 6) is -1.12. The summed E-state index contributed by atoms with van der Waals surface area (Å²) in [6, 6.07) is 21.2. The summed E-state index contributed by atoms with van der Waals surface area (Å²) in [5, 5.41) is 2.67. The molecular formula is C28H24N4O4. The van der Waals surface area contributed by atoms with Crippen LogP contribution in [0.2, 0.25) is 0 Å². The molecule has 0 saturated carbocycles. The molecule has 3 heterocycles. The van der Waals surface area contributed by atoms with Crippen LogP contribution in [0, 0.1) is 0 Å². The lowest BCUT2D eigenvalue weighted by atomic mass is 9.93. The van der Waals surface area contributed by atoms with Crippen molar-refractivity contribution >= 4 is 29.3 Å². The maximum atomic E-state index is 13.8. The largest absolute Gasteiger partial charge is 0.357 e. The van der Waals surface area contributed by atoms with Crippen LogP contribution in [-0.2, 0) is 22.6 Å². The van der Waals surface area contributed by atoms with Crippen LogP contribution in [0.3, 0.4) is 0 Å². The second kappa shape index (κ2) is 8.34. The molecule has 0 bridgehead atoms. The molecule has 8 nitrogen and oxygen atoms in total. The quantitative estimate of drug-likeness (QED) is 0.624. The first-order valence-electron chi connectivity index (χ1n) is 11.9. The van der Waals surface area contributed by atoms with Crippen molar-refractivity contribution in [2.45, 2.75) is 25.2 Å². The molecule has 180 valence electrons. The normalized spacial score (nSPS) is 19.9. The number of nitrogens with zero attached hydrogens (tertiary/aromatic N) is 3. The van der Waals surface area contributed by atoms with E-state index in [1.807, 2.05) is 36.4 Å². The summed E-state index contributed by atoms with van der Waals surface area (Å²) in [5.41, 5.74) is 4.11. The van der Waals surface area contributed by atoms with Crippen molar-refractivity contribution < 1.29 is 19.2 Å². The van der Waals surface area contributed by atoms with Crippen molar-refractivity contribution in [2.24, 2.45) is 0 Å². The third kappa shape index (κ3) is 3.21. The van der Waals surface area contributed by atoms with Crippen molar-refractivity contribution in [1.82, 2.24) is 15.1 Å². The van der Waals surface area contributed by atoms with E-state index in [0.29, 0.717) is 28.8 Å². The Balaban J connectivity index is 1.39. The van der Waals surface area contributed by atoms with Crippen molar-refractivity contribution in [3.63, 3.8) is 0 Å². The van der Waals surface area contributed by atoms with Gasteiger partial charge in [0.15, 0.2) is 0 Å². The topological polar surface area (TPSA) is 90.0 Å². The third-order valence-corrected chi connectivity index (χ3v) is 7.31. The molecule has 3 aromatic carbocycles. The minimum Gasteiger partial charge on any atom is -0.357 e. The zero-order valence-corrected chi connectivity index (χ0v) is 19.7. The lowest BCUT2D eigenvalue weighted by molar-refractivity contribution is -0.142. The molecule has 0 aliphatic carbocycles. The molecule has 8 heteroatoms. The molecular weight excluding hydrogens is 456 g/mol. The van der Waals surface area contributed by atoms with E-state index in [9.17, 15) is 19.2 Å². The summed E-state index contributed by atoms with van der Waals surface area (Å²) in [7, 11) is 1.55. The number of fused-ring (bicyclic) bond motifs is 6. The fourth-order valence-corrected chi connectivity index (χ4v) is 5.56. The molecule has 2 atom stereocenters. The highest BCUT2D eigenvalue weighted by atomic mass is 16.2. The van der Waals surface area contributed by atoms with E-state index in [-0.39, 0.29) is 36.7 Å². The SMILES string of the molecule is CNC(=O)[C@@H]1Cc2ccccc2CN1C(=O)CN1C(=O)c2ccccc2N2C(=O)c3ccccc3C12. The van der Waals surface area contributed by atoms with Gasteiger partial charge in [-0.3, -0.25) is 24.1 Å². The molecule has 0 aromatic heterocycles. The van der Waals surface area contributed by atoms with Gasteiger partial charge in [-0.15, -0.1) is 0 Å². The fourth-order valence-electron chi connectivity index (χ4n) is 5.56. The molecule has 0 spiro atoms. The van der Waals surface area contributed by atoms with E-state index in [4.69, 9.17) is 0 Å². The number of hydrogen-bond acceptors (Lipinski definition) is 4. The molecule has 36 heavy (non-hydrogen) atoms. The Labute approximate surface area is 208 Å². The van der Waals surface area contributed by atoms with Gasteiger partial charge in [0, 0.05) is 31.1 Å². The highest BCUT2D eigenvalue weighted by Gasteiger charge is 2.48. The molecule has 0 radical (unpaired) electrons. The fraction of sp³-hybridized carbons (Fsp3) is 0.214. The number of nitrogens with one attached hydrogen (secondary N) is 1. The maximum Gasteiger partial charge on any atom is 0.260 e. The minimum absolute atomic E-state index is 0.205. The monoisotopic (exact) mass is 480 g/mol. The van der Waals surface area contributed by atoms with Gasteiger partial charge in [-0.1, -0.05) is 54.6 Å². The number of likely N-dealkylation sites (N-methyl/N-ethyl adjacent to an activating group) is 1. The zero-order valence-electron chi connectivity index (χ0n) is 19.7. The second-order valence-corrected chi connectivity index (χ2v) is 9.21. The first-order chi connectivity index (χ1) is 17.5. The second-order valence-electron chi connectivity index (χ2n) is 9.21. The number of amides is 4. The van der Waals surface area contributed by atoms with Gasteiger partial charge in [0.05, 0.1) is 11.3 Å². The van der Waals surface area contributed by atoms with Gasteiger partial charge in [0.25, 0.3) is 11.8 Å². The third-order valence-electron chi connectivity index (χ3n) is 7.31. The van der Waals surface area contributed by atoms with Crippen LogP contribution in [0.5, 0.6) is 0 Å². The lowest BCUT2D eigenvalue weighted by Gasteiger charge is -2.42. The van der Waals surface area contributed by atoms with Gasteiger partial charge < -0.3 is 15.1 Å². The van der Waals surface area contributed by atoms with Gasteiger partial charge in [-0.2, -0.15) is 0 Å². The number of carbonyl (C=O) groups excluding carboxylic acids is 4. The summed E-state index contributed by atoms with van der Waals surface area (Å²) in [6.07, 6.45) is -0.328. The lowest BCUT2D eigenvalue weighted by Crippen LogP contribution is -2.56. The average molecular weight is 481 g/mol. The molecule has 1 N–H and O–H groups in total. The first-order valence-corrected chi connectivity index (χ1v) is 11.9. The highest BCUT2D eigenvalue weighted by molar-refractivity contribution is 6.17. The predicted octanol–water partition coefficient (Wildman–Crippen LogP) is 2.50. The van der Waals surface area contributed by atoms with E-state index in [2.05, 4.69) is 5.32 Å². The van der Waals surface area contributed by atoms with Crippen LogP contribution in [0.4, 0.5) is 5.69 Å². The van der Waals surface area contributed by atoms with E-state index in [0.717, 1.165) is 11.1 Å². The molecule has 0 saturated heterocycles. The Morgan fingerprint density at radius 3 is 2.31 bits per heavy atom. The minimum atomic E-state index is -0.726. The van der Waals surface area contributed by atoms with Crippen molar-refractivity contribution in [2.75, 3.05) is 18.5 Å². The van der Waals surface area contributed by atoms with E-state index >= 15 is 0 Å². The van der Waals surface area contributed by atoms with Crippen LogP contribution < -0.4 is 10.2 Å². The molecule has 4 amide bonds. The Morgan fingerprint density at radius 1 is 0.861 bits per heavy atom. The number of para-hydroxylation sites is 1. The Hall–Kier alpha value is -4.46. The van der Waals surface area contributed by atoms with Crippen LogP contribution in [0.15, 0.2) is 72.8 Å². The number of carbonyl (C=O) groups is 4. The highest BCUT2D eigenvalue weighted by Crippen LogP contribution is 2.45. The predicted molar refractivity (Wildman–Crippen MR) is 132 cm³/mol. The summed E-state index contributed by atoms with van der Waals surface area (Å²) < 4.78 is 0. The molecule has 3 aliphatic rings. The molecule has 6 rings (SSSR count). The van der Waals surface area contributed by atoms with Crippen molar-refractivity contribution in [3.05, 3.63) is 101 Å². The van der Waals surface area contributed by atoms with Gasteiger partial charge >= 0.3 is 0 Å². The molecule has 1 unspecified atom stereocenters. The van der Waals surface area contributed by atoms with E-state index in [1.54, 1.807) is 53.2 Å². The van der Waals surface area contributed by atoms with Crippen molar-refractivity contribution in [1.29, 1.82) is 0 Å². The van der Waals surface area contributed by atoms with Gasteiger partial charge in [-0.25, -0.2) is 0 Å². The average Bonchev–Trinajstić information content (AvgIpc) is 3.22. The summed E-state index contributed by atoms with van der Waals surface area (Å²) in [4.78, 5) is 58.2. The van der Waals surface area contributed by atoms with Crippen LogP contribution in [0.25, 0.3) is 0 Å². The first kappa shape index (κ1) is 22.0. The standard InChI is InChI=1S/C28H24N4O4/c1-29-25(34)23-14-17-8-2-3-9-18(17)15-30(23)24(33)16-31-26-19-10-4-5-11-20(19)28(36)32(26)22-13-7-6-12-21(22)27(31)35/h2-13,23,26H,14-16H2,1H3,(H,29,34)/t23-,26?/m0/s1. The van der Waals surface area contributed by atoms with Gasteiger partial charge in [0.2, 0.25) is 11.8 Å². The van der Waals surface area contributed by atoms with Crippen LogP contribution in [-0.4, -0.2) is 53.1 Å². The molecule has 3 aliphatic heterocycles. The molecule has 3 aromatic rings. The van der Waals surface area contributed by atoms with Gasteiger partial charge in [-0.05, 0) is 29.3 Å². The van der Waals surface area contributed by atoms with Gasteiger partial charge in [0.1, 0.15) is 18.8 Å². The number of rotatable bonds is 3. The van der Waals surface area contributed by atoms with Crippen LogP contribution in [0.1, 0.15) is 43.6 Å². The summed E-state index contributed by atoms with van der Waals surface area (Å²) in [6.45, 7) is 0.0151. The number of benzene rings is 3. The number of anilines is 1. The zero-order chi connectivity index (χ0) is 25.0. The summed E-state index contributed by atoms with van der Waals surface area (Å²) >= 11 is 0. The Kier molecular flexibility index (Phi) is 5.10. The maximum absolute atomic E-state index is 13.8. The molecule has 0 fully saturated rings. The van der Waals surface area contributed by atoms with Crippen LogP contribution >= 0.6 is 0 Å². The van der Waals surface area contributed by atoms with E-state index in [1.165, 1.54) is 4.90 Å².